The molecule has 0 atom stereocenters. The number of hydrogen-bond donors (Lipinski definition) is 1. The summed E-state index contributed by atoms with van der Waals surface area (Å²) in [4.78, 5) is 20.2. The zero-order valence-corrected chi connectivity index (χ0v) is 5.33. The maximum absolute atomic E-state index is 10.5. The van der Waals surface area contributed by atoms with Crippen LogP contribution in [0.3, 0.4) is 0 Å². The van der Waals surface area contributed by atoms with Gasteiger partial charge >= 0.3 is 0 Å². The van der Waals surface area contributed by atoms with Crippen molar-refractivity contribution in [3.05, 3.63) is 11.4 Å². The first-order valence-electron chi connectivity index (χ1n) is 2.61. The summed E-state index contributed by atoms with van der Waals surface area (Å²) >= 11 is 0. The average Bonchev–Trinajstić information content (AvgIpc) is 1.82. The van der Waals surface area contributed by atoms with Crippen molar-refractivity contribution in [2.24, 2.45) is 0 Å². The summed E-state index contributed by atoms with van der Waals surface area (Å²) in [6, 6.07) is 0. The molecule has 0 unspecified atom stereocenters. The van der Waals surface area contributed by atoms with Gasteiger partial charge in [-0.1, -0.05) is 0 Å². The monoisotopic (exact) mass is 133 g/mol. The highest BCUT2D eigenvalue weighted by Gasteiger charge is 1.91. The first kappa shape index (κ1) is 9.01. The van der Waals surface area contributed by atoms with Crippen LogP contribution in [0.25, 0.3) is 0 Å². The van der Waals surface area contributed by atoms with Crippen LogP contribution in [0.4, 0.5) is 0 Å². The fraction of sp³-hybridized carbons (Fsp3) is 0.200. The van der Waals surface area contributed by atoms with Crippen LogP contribution in [0.1, 0.15) is 0 Å². The smallest absolute Gasteiger partial charge is 0.242 e. The fourth-order valence-corrected chi connectivity index (χ4v) is 0.345. The van der Waals surface area contributed by atoms with Crippen LogP contribution >= 0.6 is 0 Å². The van der Waals surface area contributed by atoms with Gasteiger partial charge in [0.1, 0.15) is 6.29 Å². The molecule has 0 heterocycles. The van der Waals surface area contributed by atoms with E-state index in [-0.39, 0.29) is 11.9 Å². The molecular formula is C5H5B2NO2. The lowest BCUT2D eigenvalue weighted by Crippen LogP contribution is -2.23. The molecule has 0 aliphatic carbocycles. The van der Waals surface area contributed by atoms with Crippen molar-refractivity contribution in [3.8, 4) is 0 Å². The Labute approximate surface area is 61.7 Å². The molecule has 0 bridgehead atoms. The summed E-state index contributed by atoms with van der Waals surface area (Å²) in [6.07, 6.45) is 1.57. The molecule has 0 rings (SSSR count). The number of carbonyl (C=O) groups excluding carboxylic acids is 2. The molecule has 0 spiro atoms. The van der Waals surface area contributed by atoms with E-state index in [1.165, 1.54) is 0 Å². The van der Waals surface area contributed by atoms with Crippen LogP contribution in [-0.4, -0.2) is 34.4 Å². The van der Waals surface area contributed by atoms with Crippen LogP contribution in [0.15, 0.2) is 11.4 Å². The number of amides is 1. The highest BCUT2D eigenvalue weighted by atomic mass is 16.2. The zero-order valence-electron chi connectivity index (χ0n) is 5.33. The molecule has 0 saturated heterocycles. The number of hydrogen-bond acceptors (Lipinski definition) is 2. The van der Waals surface area contributed by atoms with Crippen molar-refractivity contribution in [2.75, 3.05) is 6.54 Å². The van der Waals surface area contributed by atoms with Gasteiger partial charge in [0.2, 0.25) is 5.91 Å². The van der Waals surface area contributed by atoms with E-state index in [0.717, 1.165) is 6.08 Å². The second-order valence-corrected chi connectivity index (χ2v) is 1.56. The zero-order chi connectivity index (χ0) is 7.98. The topological polar surface area (TPSA) is 46.2 Å². The van der Waals surface area contributed by atoms with Crippen LogP contribution in [0, 0.1) is 0 Å². The van der Waals surface area contributed by atoms with E-state index >= 15 is 0 Å². The molecular weight excluding hydrogens is 128 g/mol. The minimum atomic E-state index is -0.466. The van der Waals surface area contributed by atoms with Gasteiger partial charge in [0.15, 0.2) is 0 Å². The third kappa shape index (κ3) is 5.15. The van der Waals surface area contributed by atoms with Gasteiger partial charge in [-0.05, 0) is 6.08 Å². The third-order valence-corrected chi connectivity index (χ3v) is 0.657. The molecule has 0 fully saturated rings. The first-order chi connectivity index (χ1) is 4.66. The number of carbonyl (C=O) groups is 2. The van der Waals surface area contributed by atoms with Gasteiger partial charge in [-0.3, -0.25) is 4.79 Å². The van der Waals surface area contributed by atoms with Gasteiger partial charge in [0.05, 0.1) is 22.2 Å². The van der Waals surface area contributed by atoms with Crippen molar-refractivity contribution >= 4 is 27.9 Å². The van der Waals surface area contributed by atoms with Crippen LogP contribution in [0.2, 0.25) is 0 Å². The Morgan fingerprint density at radius 3 is 2.50 bits per heavy atom. The maximum Gasteiger partial charge on any atom is 0.242 e. The minimum Gasteiger partial charge on any atom is -0.346 e. The standard InChI is InChI=1S/C5H5B2NO2/c6-4(7)3-5(10)8-1-2-9/h2-3H,1H2,(H,8,10). The normalized spacial score (nSPS) is 8.00. The van der Waals surface area contributed by atoms with Crippen molar-refractivity contribution in [1.29, 1.82) is 0 Å². The SMILES string of the molecule is [B]C([B])=CC(=O)NCC=O. The van der Waals surface area contributed by atoms with Gasteiger partial charge in [0.25, 0.3) is 0 Å². The molecule has 1 N–H and O–H groups in total. The van der Waals surface area contributed by atoms with Gasteiger partial charge in [0, 0.05) is 0 Å². The van der Waals surface area contributed by atoms with E-state index in [1.807, 2.05) is 0 Å². The molecule has 0 aliphatic rings. The van der Waals surface area contributed by atoms with Gasteiger partial charge in [-0.15, -0.1) is 0 Å². The van der Waals surface area contributed by atoms with Crippen molar-refractivity contribution in [2.45, 2.75) is 0 Å². The summed E-state index contributed by atoms with van der Waals surface area (Å²) < 4.78 is 0. The Morgan fingerprint density at radius 1 is 1.50 bits per heavy atom. The van der Waals surface area contributed by atoms with E-state index in [4.69, 9.17) is 15.7 Å². The molecule has 5 heteroatoms. The van der Waals surface area contributed by atoms with E-state index in [2.05, 4.69) is 5.32 Å². The fourth-order valence-electron chi connectivity index (χ4n) is 0.345. The van der Waals surface area contributed by atoms with Gasteiger partial charge in [-0.25, -0.2) is 0 Å². The van der Waals surface area contributed by atoms with E-state index in [9.17, 15) is 9.59 Å². The van der Waals surface area contributed by atoms with Crippen molar-refractivity contribution in [3.63, 3.8) is 0 Å². The van der Waals surface area contributed by atoms with Crippen LogP contribution in [-0.2, 0) is 9.59 Å². The summed E-state index contributed by atoms with van der Waals surface area (Å²) in [5.74, 6) is -0.466. The Bertz CT molecular complexity index is 163. The molecule has 4 radical (unpaired) electrons. The Morgan fingerprint density at radius 2 is 2.10 bits per heavy atom. The molecule has 3 nitrogen and oxygen atoms in total. The van der Waals surface area contributed by atoms with E-state index in [0.29, 0.717) is 6.29 Å². The average molecular weight is 133 g/mol. The number of nitrogens with one attached hydrogen (secondary N) is 1. The summed E-state index contributed by atoms with van der Waals surface area (Å²) in [6.45, 7) is -0.0252. The minimum absolute atomic E-state index is 0.0252. The summed E-state index contributed by atoms with van der Waals surface area (Å²) in [5, 5.41) is 2.14. The third-order valence-electron chi connectivity index (χ3n) is 0.657. The summed E-state index contributed by atoms with van der Waals surface area (Å²) in [7, 11) is 9.91. The Hall–Kier alpha value is -0.990. The molecule has 48 valence electrons. The largest absolute Gasteiger partial charge is 0.346 e. The predicted molar refractivity (Wildman–Crippen MR) is 38.7 cm³/mol. The van der Waals surface area contributed by atoms with Crippen molar-refractivity contribution in [1.82, 2.24) is 5.32 Å². The molecule has 0 aromatic rings. The molecule has 0 aromatic carbocycles. The number of rotatable bonds is 3. The first-order valence-corrected chi connectivity index (χ1v) is 2.61. The molecule has 1 amide bonds. The number of aldehydes is 1. The maximum atomic E-state index is 10.5. The lowest BCUT2D eigenvalue weighted by molar-refractivity contribution is -0.118. The highest BCUT2D eigenvalue weighted by Crippen LogP contribution is 1.76. The molecule has 0 saturated carbocycles. The quantitative estimate of drug-likeness (QED) is 0.288. The molecule has 0 aromatic heterocycles. The van der Waals surface area contributed by atoms with E-state index < -0.39 is 5.91 Å². The Balaban J connectivity index is 3.64. The summed E-state index contributed by atoms with van der Waals surface area (Å²) in [5.41, 5.74) is 0. The van der Waals surface area contributed by atoms with Crippen LogP contribution < -0.4 is 5.32 Å². The lowest BCUT2D eigenvalue weighted by atomic mass is 9.78. The molecule has 10 heavy (non-hydrogen) atoms. The highest BCUT2D eigenvalue weighted by molar-refractivity contribution is 6.49. The van der Waals surface area contributed by atoms with E-state index in [1.54, 1.807) is 0 Å². The van der Waals surface area contributed by atoms with Gasteiger partial charge in [-0.2, -0.15) is 5.37 Å². The second kappa shape index (κ2) is 4.85. The van der Waals surface area contributed by atoms with Gasteiger partial charge < -0.3 is 10.1 Å². The van der Waals surface area contributed by atoms with Crippen molar-refractivity contribution < 1.29 is 9.59 Å². The van der Waals surface area contributed by atoms with Crippen LogP contribution in [0.5, 0.6) is 0 Å². The second-order valence-electron chi connectivity index (χ2n) is 1.56. The predicted octanol–water partition coefficient (Wildman–Crippen LogP) is -1.52. The molecule has 0 aliphatic heterocycles. The Kier molecular flexibility index (Phi) is 4.37. The lowest BCUT2D eigenvalue weighted by Gasteiger charge is -1.94.